The molecular formula is C20H25FO4S. The third-order valence-electron chi connectivity index (χ3n) is 8.11. The van der Waals surface area contributed by atoms with Crippen molar-refractivity contribution in [3.05, 3.63) is 23.8 Å². The van der Waals surface area contributed by atoms with Gasteiger partial charge in [0.25, 0.3) is 0 Å². The van der Waals surface area contributed by atoms with Crippen LogP contribution in [0.4, 0.5) is 4.39 Å². The van der Waals surface area contributed by atoms with Gasteiger partial charge in [0, 0.05) is 23.2 Å². The molecule has 26 heavy (non-hydrogen) atoms. The van der Waals surface area contributed by atoms with Gasteiger partial charge in [-0.1, -0.05) is 24.6 Å². The van der Waals surface area contributed by atoms with E-state index in [1.54, 1.807) is 19.9 Å². The van der Waals surface area contributed by atoms with Crippen LogP contribution in [0.15, 0.2) is 23.8 Å². The highest BCUT2D eigenvalue weighted by Gasteiger charge is 2.73. The highest BCUT2D eigenvalue weighted by Crippen LogP contribution is 2.69. The number of thiol groups is 1. The standard InChI is InChI=1S/C20H25FO4S/c1-17-7-5-12(22)9-11(17)3-4-14-13-6-8-19(25,16(24)26)18(13,2)10-15(23)20(14,17)21/h3,5,7,13-15,23,25H,4,6,8-10H2,1-2H3,(H,24,26)/t13-,14-,15-,17-,18-,19-,20-/m0/s1. The number of rotatable bonds is 1. The second-order valence-corrected chi connectivity index (χ2v) is 9.37. The lowest BCUT2D eigenvalue weighted by Crippen LogP contribution is -2.68. The number of halogens is 1. The minimum atomic E-state index is -1.93. The fourth-order valence-corrected chi connectivity index (χ4v) is 6.84. The van der Waals surface area contributed by atoms with Gasteiger partial charge < -0.3 is 10.2 Å². The van der Waals surface area contributed by atoms with Gasteiger partial charge in [0.1, 0.15) is 5.60 Å². The molecule has 4 aliphatic rings. The normalized spacial score (nSPS) is 52.8. The molecule has 142 valence electrons. The quantitative estimate of drug-likeness (QED) is 0.483. The molecule has 0 saturated heterocycles. The Balaban J connectivity index is 1.84. The van der Waals surface area contributed by atoms with Gasteiger partial charge in [-0.05, 0) is 44.6 Å². The number of hydrogen-bond donors (Lipinski definition) is 3. The van der Waals surface area contributed by atoms with Crippen molar-refractivity contribution >= 4 is 23.5 Å². The van der Waals surface area contributed by atoms with E-state index in [1.165, 1.54) is 6.08 Å². The zero-order valence-electron chi connectivity index (χ0n) is 15.0. The molecule has 2 saturated carbocycles. The first-order valence-corrected chi connectivity index (χ1v) is 9.70. The third-order valence-corrected chi connectivity index (χ3v) is 8.48. The average molecular weight is 380 g/mol. The van der Waals surface area contributed by atoms with Gasteiger partial charge in [0.15, 0.2) is 11.5 Å². The van der Waals surface area contributed by atoms with Crippen LogP contribution in [0.1, 0.15) is 46.0 Å². The molecule has 0 heterocycles. The topological polar surface area (TPSA) is 74.6 Å². The predicted molar refractivity (Wildman–Crippen MR) is 97.3 cm³/mol. The smallest absolute Gasteiger partial charge is 0.218 e. The fourth-order valence-electron chi connectivity index (χ4n) is 6.47. The first-order valence-electron chi connectivity index (χ1n) is 9.25. The average Bonchev–Trinajstić information content (AvgIpc) is 2.83. The van der Waals surface area contributed by atoms with Crippen molar-refractivity contribution in [2.24, 2.45) is 22.7 Å². The van der Waals surface area contributed by atoms with Crippen LogP contribution in [0.25, 0.3) is 0 Å². The van der Waals surface area contributed by atoms with Crippen LogP contribution < -0.4 is 0 Å². The van der Waals surface area contributed by atoms with Crippen molar-refractivity contribution in [3.8, 4) is 0 Å². The minimum Gasteiger partial charge on any atom is -0.390 e. The summed E-state index contributed by atoms with van der Waals surface area (Å²) in [7, 11) is 0. The molecule has 2 fully saturated rings. The molecule has 4 aliphatic carbocycles. The molecule has 0 aromatic carbocycles. The Hall–Kier alpha value is -0.980. The lowest BCUT2D eigenvalue weighted by Gasteiger charge is -2.61. The highest BCUT2D eigenvalue weighted by atomic mass is 32.1. The molecule has 0 aromatic rings. The molecule has 0 radical (unpaired) electrons. The molecule has 0 amide bonds. The van der Waals surface area contributed by atoms with Crippen LogP contribution in [-0.2, 0) is 9.59 Å². The van der Waals surface area contributed by atoms with Crippen LogP contribution in [0.3, 0.4) is 0 Å². The maximum Gasteiger partial charge on any atom is 0.218 e. The molecule has 0 bridgehead atoms. The summed E-state index contributed by atoms with van der Waals surface area (Å²) in [5.74, 6) is -0.816. The molecule has 6 heteroatoms. The Morgan fingerprint density at radius 1 is 1.35 bits per heavy atom. The largest absolute Gasteiger partial charge is 0.390 e. The monoisotopic (exact) mass is 380 g/mol. The zero-order chi connectivity index (χ0) is 19.1. The van der Waals surface area contributed by atoms with Crippen molar-refractivity contribution in [3.63, 3.8) is 0 Å². The second-order valence-electron chi connectivity index (χ2n) is 8.97. The molecule has 4 rings (SSSR count). The first-order chi connectivity index (χ1) is 12.0. The summed E-state index contributed by atoms with van der Waals surface area (Å²) in [5, 5.41) is 21.4. The molecular weight excluding hydrogens is 355 g/mol. The molecule has 0 aromatic heterocycles. The Morgan fingerprint density at radius 3 is 2.69 bits per heavy atom. The molecule has 2 N–H and O–H groups in total. The van der Waals surface area contributed by atoms with E-state index in [-0.39, 0.29) is 31.0 Å². The van der Waals surface area contributed by atoms with Crippen LogP contribution in [-0.4, -0.2) is 38.5 Å². The Kier molecular flexibility index (Phi) is 3.75. The summed E-state index contributed by atoms with van der Waals surface area (Å²) >= 11 is 3.89. The molecule has 4 nitrogen and oxygen atoms in total. The molecule has 0 spiro atoms. The van der Waals surface area contributed by atoms with Gasteiger partial charge in [0.05, 0.1) is 6.10 Å². The number of allylic oxidation sites excluding steroid dienone is 4. The maximum absolute atomic E-state index is 16.7. The van der Waals surface area contributed by atoms with Crippen molar-refractivity contribution in [2.45, 2.75) is 63.3 Å². The number of fused-ring (bicyclic) bond motifs is 5. The molecule has 0 aliphatic heterocycles. The van der Waals surface area contributed by atoms with E-state index < -0.39 is 39.2 Å². The van der Waals surface area contributed by atoms with Gasteiger partial charge in [-0.3, -0.25) is 9.59 Å². The molecule has 7 atom stereocenters. The number of ketones is 1. The van der Waals surface area contributed by atoms with E-state index in [1.807, 2.05) is 6.08 Å². The number of hydrogen-bond acceptors (Lipinski definition) is 4. The van der Waals surface area contributed by atoms with Gasteiger partial charge in [-0.15, -0.1) is 12.6 Å². The summed E-state index contributed by atoms with van der Waals surface area (Å²) < 4.78 is 16.7. The van der Waals surface area contributed by atoms with E-state index in [2.05, 4.69) is 12.6 Å². The second kappa shape index (κ2) is 5.30. The number of aliphatic hydroxyl groups excluding tert-OH is 1. The maximum atomic E-state index is 16.7. The number of alkyl halides is 1. The summed E-state index contributed by atoms with van der Waals surface area (Å²) in [6.07, 6.45) is 4.95. The Bertz CT molecular complexity index is 763. The number of carbonyl (C=O) groups is 2. The van der Waals surface area contributed by atoms with E-state index >= 15 is 4.39 Å². The SMILES string of the molecule is C[C@]12C=CC(=O)CC1=CC[C@H]1[C@@H]3CC[C@](O)(C(=O)S)[C@@]3(C)C[C@H](O)[C@@]12F. The summed E-state index contributed by atoms with van der Waals surface area (Å²) in [6, 6.07) is 0. The van der Waals surface area contributed by atoms with Crippen molar-refractivity contribution in [2.75, 3.05) is 0 Å². The van der Waals surface area contributed by atoms with E-state index in [0.29, 0.717) is 12.8 Å². The summed E-state index contributed by atoms with van der Waals surface area (Å²) in [6.45, 7) is 3.54. The third kappa shape index (κ3) is 1.88. The Labute approximate surface area is 158 Å². The van der Waals surface area contributed by atoms with Gasteiger partial charge in [-0.25, -0.2) is 4.39 Å². The Morgan fingerprint density at radius 2 is 2.04 bits per heavy atom. The predicted octanol–water partition coefficient (Wildman–Crippen LogP) is 2.54. The van der Waals surface area contributed by atoms with Gasteiger partial charge >= 0.3 is 0 Å². The van der Waals surface area contributed by atoms with Crippen LogP contribution >= 0.6 is 12.6 Å². The lowest BCUT2D eigenvalue weighted by molar-refractivity contribution is -0.209. The lowest BCUT2D eigenvalue weighted by atomic mass is 9.45. The van der Waals surface area contributed by atoms with Crippen LogP contribution in [0.5, 0.6) is 0 Å². The van der Waals surface area contributed by atoms with E-state index in [4.69, 9.17) is 0 Å². The fraction of sp³-hybridized carbons (Fsp3) is 0.700. The minimum absolute atomic E-state index is 0.00186. The van der Waals surface area contributed by atoms with E-state index in [9.17, 15) is 19.8 Å². The van der Waals surface area contributed by atoms with E-state index in [0.717, 1.165) is 5.57 Å². The highest BCUT2D eigenvalue weighted by molar-refractivity contribution is 7.96. The van der Waals surface area contributed by atoms with Gasteiger partial charge in [-0.2, -0.15) is 0 Å². The van der Waals surface area contributed by atoms with Crippen LogP contribution in [0, 0.1) is 22.7 Å². The first kappa shape index (κ1) is 18.4. The van der Waals surface area contributed by atoms with Crippen molar-refractivity contribution in [1.29, 1.82) is 0 Å². The van der Waals surface area contributed by atoms with Crippen molar-refractivity contribution in [1.82, 2.24) is 0 Å². The zero-order valence-corrected chi connectivity index (χ0v) is 15.9. The van der Waals surface area contributed by atoms with Crippen molar-refractivity contribution < 1.29 is 24.2 Å². The van der Waals surface area contributed by atoms with Gasteiger partial charge in [0.2, 0.25) is 5.12 Å². The summed E-state index contributed by atoms with van der Waals surface area (Å²) in [4.78, 5) is 23.9. The number of carbonyl (C=O) groups excluding carboxylic acids is 2. The number of aliphatic hydroxyl groups is 2. The molecule has 0 unspecified atom stereocenters. The van der Waals surface area contributed by atoms with Crippen LogP contribution in [0.2, 0.25) is 0 Å². The summed E-state index contributed by atoms with van der Waals surface area (Å²) in [5.41, 5.74) is -4.81.